The molecule has 2 aromatic rings. The molecule has 1 fully saturated rings. The molecule has 0 bridgehead atoms. The first-order valence-corrected chi connectivity index (χ1v) is 7.73. The van der Waals surface area contributed by atoms with Crippen LogP contribution in [0.1, 0.15) is 34.9 Å². The van der Waals surface area contributed by atoms with Gasteiger partial charge < -0.3 is 9.88 Å². The van der Waals surface area contributed by atoms with E-state index in [1.165, 1.54) is 0 Å². The van der Waals surface area contributed by atoms with Gasteiger partial charge in [0.05, 0.1) is 11.1 Å². The molecule has 1 aliphatic rings. The molecule has 0 spiro atoms. The van der Waals surface area contributed by atoms with Gasteiger partial charge in [-0.05, 0) is 59.1 Å². The summed E-state index contributed by atoms with van der Waals surface area (Å²) in [5, 5.41) is 0.562. The number of halogens is 2. The first-order chi connectivity index (χ1) is 9.66. The van der Waals surface area contributed by atoms with Crippen molar-refractivity contribution in [2.75, 3.05) is 6.54 Å². The topological polar surface area (TPSA) is 36.1 Å². The molecule has 0 radical (unpaired) electrons. The van der Waals surface area contributed by atoms with Gasteiger partial charge in [0.2, 0.25) is 0 Å². The number of carbonyl (C=O) groups is 1. The lowest BCUT2D eigenvalue weighted by atomic mass is 10.1. The Morgan fingerprint density at radius 3 is 2.95 bits per heavy atom. The van der Waals surface area contributed by atoms with E-state index in [4.69, 9.17) is 11.6 Å². The zero-order valence-electron chi connectivity index (χ0n) is 10.8. The molecule has 20 heavy (non-hydrogen) atoms. The highest BCUT2D eigenvalue weighted by molar-refractivity contribution is 9.10. The highest BCUT2D eigenvalue weighted by atomic mass is 79.9. The van der Waals surface area contributed by atoms with Gasteiger partial charge in [-0.1, -0.05) is 11.6 Å². The Hall–Kier alpha value is -1.26. The van der Waals surface area contributed by atoms with Crippen LogP contribution in [0.4, 0.5) is 0 Å². The monoisotopic (exact) mass is 352 g/mol. The predicted molar refractivity (Wildman–Crippen MR) is 83.0 cm³/mol. The van der Waals surface area contributed by atoms with Gasteiger partial charge in [-0.2, -0.15) is 0 Å². The molecule has 5 heteroatoms. The van der Waals surface area contributed by atoms with Crippen molar-refractivity contribution in [3.63, 3.8) is 0 Å². The van der Waals surface area contributed by atoms with Gasteiger partial charge >= 0.3 is 0 Å². The fourth-order valence-electron chi connectivity index (χ4n) is 2.68. The standard InChI is InChI=1S/C15H14BrClN2O/c16-11-6-5-10(9-12(11)17)15(20)19-8-2-4-14(19)13-3-1-7-18-13/h1,3,5-7,9,14,18H,2,4,8H2. The number of carbonyl (C=O) groups excluding carboxylic acids is 1. The van der Waals surface area contributed by atoms with Crippen molar-refractivity contribution in [2.24, 2.45) is 0 Å². The summed E-state index contributed by atoms with van der Waals surface area (Å²) in [6, 6.07) is 9.48. The van der Waals surface area contributed by atoms with Crippen LogP contribution in [-0.4, -0.2) is 22.3 Å². The van der Waals surface area contributed by atoms with E-state index in [2.05, 4.69) is 20.9 Å². The lowest BCUT2D eigenvalue weighted by Crippen LogP contribution is -2.30. The molecule has 104 valence electrons. The summed E-state index contributed by atoms with van der Waals surface area (Å²) in [4.78, 5) is 17.8. The molecule has 1 aliphatic heterocycles. The summed E-state index contributed by atoms with van der Waals surface area (Å²) >= 11 is 9.42. The van der Waals surface area contributed by atoms with Gasteiger partial charge in [-0.25, -0.2) is 0 Å². The maximum atomic E-state index is 12.7. The highest BCUT2D eigenvalue weighted by Gasteiger charge is 2.31. The molecule has 1 N–H and O–H groups in total. The Balaban J connectivity index is 1.87. The van der Waals surface area contributed by atoms with E-state index in [0.29, 0.717) is 10.6 Å². The van der Waals surface area contributed by atoms with Crippen LogP contribution in [0.15, 0.2) is 41.0 Å². The quantitative estimate of drug-likeness (QED) is 0.853. The van der Waals surface area contributed by atoms with Crippen LogP contribution >= 0.6 is 27.5 Å². The molecule has 3 nitrogen and oxygen atoms in total. The zero-order valence-corrected chi connectivity index (χ0v) is 13.1. The minimum absolute atomic E-state index is 0.0384. The highest BCUT2D eigenvalue weighted by Crippen LogP contribution is 2.33. The molecular weight excluding hydrogens is 340 g/mol. The third-order valence-electron chi connectivity index (χ3n) is 3.66. The van der Waals surface area contributed by atoms with Crippen molar-refractivity contribution in [2.45, 2.75) is 18.9 Å². The zero-order chi connectivity index (χ0) is 14.1. The fraction of sp³-hybridized carbons (Fsp3) is 0.267. The average Bonchev–Trinajstić information content (AvgIpc) is 3.10. The molecule has 2 heterocycles. The maximum Gasteiger partial charge on any atom is 0.254 e. The molecule has 0 saturated carbocycles. The van der Waals surface area contributed by atoms with Crippen molar-refractivity contribution in [3.05, 3.63) is 57.3 Å². The van der Waals surface area contributed by atoms with E-state index in [-0.39, 0.29) is 11.9 Å². The second-order valence-electron chi connectivity index (χ2n) is 4.91. The van der Waals surface area contributed by atoms with E-state index in [0.717, 1.165) is 29.6 Å². The van der Waals surface area contributed by atoms with Crippen LogP contribution < -0.4 is 0 Å². The predicted octanol–water partition coefficient (Wildman–Crippen LogP) is 4.41. The maximum absolute atomic E-state index is 12.7. The van der Waals surface area contributed by atoms with Crippen LogP contribution in [0, 0.1) is 0 Å². The van der Waals surface area contributed by atoms with Gasteiger partial charge in [0, 0.05) is 28.5 Å². The molecule has 1 unspecified atom stereocenters. The number of amides is 1. The Labute approximate surface area is 131 Å². The Morgan fingerprint density at radius 1 is 1.40 bits per heavy atom. The SMILES string of the molecule is O=C(c1ccc(Br)c(Cl)c1)N1CCCC1c1ccc[nH]1. The van der Waals surface area contributed by atoms with E-state index < -0.39 is 0 Å². The number of nitrogens with one attached hydrogen (secondary N) is 1. The number of hydrogen-bond acceptors (Lipinski definition) is 1. The van der Waals surface area contributed by atoms with Crippen LogP contribution in [0.25, 0.3) is 0 Å². The van der Waals surface area contributed by atoms with E-state index in [9.17, 15) is 4.79 Å². The van der Waals surface area contributed by atoms with Gasteiger partial charge in [-0.15, -0.1) is 0 Å². The van der Waals surface area contributed by atoms with Crippen LogP contribution in [0.2, 0.25) is 5.02 Å². The number of benzene rings is 1. The smallest absolute Gasteiger partial charge is 0.254 e. The van der Waals surface area contributed by atoms with Crippen molar-refractivity contribution in [1.29, 1.82) is 0 Å². The third-order valence-corrected chi connectivity index (χ3v) is 4.89. The van der Waals surface area contributed by atoms with Crippen molar-refractivity contribution < 1.29 is 4.79 Å². The van der Waals surface area contributed by atoms with E-state index in [1.807, 2.05) is 35.4 Å². The largest absolute Gasteiger partial charge is 0.363 e. The first kappa shape index (κ1) is 13.7. The molecule has 0 aliphatic carbocycles. The second-order valence-corrected chi connectivity index (χ2v) is 6.17. The van der Waals surface area contributed by atoms with E-state index in [1.54, 1.807) is 6.07 Å². The Morgan fingerprint density at radius 2 is 2.25 bits per heavy atom. The van der Waals surface area contributed by atoms with Crippen LogP contribution in [0.5, 0.6) is 0 Å². The summed E-state index contributed by atoms with van der Waals surface area (Å²) in [5.41, 5.74) is 1.73. The third kappa shape index (κ3) is 2.50. The van der Waals surface area contributed by atoms with Gasteiger partial charge in [-0.3, -0.25) is 4.79 Å². The molecule has 1 saturated heterocycles. The summed E-state index contributed by atoms with van der Waals surface area (Å²) in [6.45, 7) is 0.788. The van der Waals surface area contributed by atoms with E-state index >= 15 is 0 Å². The first-order valence-electron chi connectivity index (χ1n) is 6.56. The summed E-state index contributed by atoms with van der Waals surface area (Å²) in [6.07, 6.45) is 3.92. The van der Waals surface area contributed by atoms with Gasteiger partial charge in [0.15, 0.2) is 0 Å². The molecule has 1 atom stereocenters. The van der Waals surface area contributed by atoms with Crippen molar-refractivity contribution >= 4 is 33.4 Å². The molecule has 3 rings (SSSR count). The lowest BCUT2D eigenvalue weighted by molar-refractivity contribution is 0.0733. The fourth-order valence-corrected chi connectivity index (χ4v) is 3.11. The minimum Gasteiger partial charge on any atom is -0.363 e. The normalized spacial score (nSPS) is 18.5. The summed E-state index contributed by atoms with van der Waals surface area (Å²) in [7, 11) is 0. The Bertz CT molecular complexity index is 627. The number of rotatable bonds is 2. The van der Waals surface area contributed by atoms with Crippen molar-refractivity contribution in [3.8, 4) is 0 Å². The second kappa shape index (κ2) is 5.62. The van der Waals surface area contributed by atoms with Crippen molar-refractivity contribution in [1.82, 2.24) is 9.88 Å². The van der Waals surface area contributed by atoms with Gasteiger partial charge in [0.25, 0.3) is 5.91 Å². The number of aromatic nitrogens is 1. The number of aromatic amines is 1. The average molecular weight is 354 g/mol. The van der Waals surface area contributed by atoms with Gasteiger partial charge in [0.1, 0.15) is 0 Å². The molecule has 1 aromatic carbocycles. The molecule has 1 aromatic heterocycles. The number of hydrogen-bond donors (Lipinski definition) is 1. The number of likely N-dealkylation sites (tertiary alicyclic amines) is 1. The molecule has 1 amide bonds. The summed E-state index contributed by atoms with van der Waals surface area (Å²) < 4.78 is 0.804. The number of nitrogens with zero attached hydrogens (tertiary/aromatic N) is 1. The number of H-pyrrole nitrogens is 1. The van der Waals surface area contributed by atoms with Crippen LogP contribution in [0.3, 0.4) is 0 Å². The Kier molecular flexibility index (Phi) is 3.85. The lowest BCUT2D eigenvalue weighted by Gasteiger charge is -2.24. The summed E-state index contributed by atoms with van der Waals surface area (Å²) in [5.74, 6) is 0.0384. The van der Waals surface area contributed by atoms with Crippen LogP contribution in [-0.2, 0) is 0 Å². The minimum atomic E-state index is 0.0384. The molecular formula is C15H14BrClN2O.